The highest BCUT2D eigenvalue weighted by Gasteiger charge is 1.97. The van der Waals surface area contributed by atoms with E-state index >= 15 is 0 Å². The van der Waals surface area contributed by atoms with Crippen LogP contribution in [0.2, 0.25) is 0 Å². The fraction of sp³-hybridized carbons (Fsp3) is 0.312. The molecular weight excluding hydrogens is 280 g/mol. The number of aromatic amines is 1. The monoisotopic (exact) mass is 300 g/mol. The van der Waals surface area contributed by atoms with E-state index in [9.17, 15) is 4.79 Å². The first-order chi connectivity index (χ1) is 10.7. The summed E-state index contributed by atoms with van der Waals surface area (Å²) in [7, 11) is 0. The Morgan fingerprint density at radius 2 is 2.27 bits per heavy atom. The first-order valence-electron chi connectivity index (χ1n) is 7.27. The molecule has 1 aromatic carbocycles. The van der Waals surface area contributed by atoms with Gasteiger partial charge in [-0.1, -0.05) is 25.5 Å². The van der Waals surface area contributed by atoms with Crippen LogP contribution in [0.25, 0.3) is 0 Å². The molecule has 2 N–H and O–H groups in total. The standard InChI is InChI=1S/C16H20N4O2/c1-3-4-8-22-14-7-5-6-13(10-14)11-17-20-16-18-12(2)9-15(21)19-16/h5-7,9-11H,3-4,8H2,1-2H3,(H2,18,19,20,21)/b17-11-. The fourth-order valence-electron chi connectivity index (χ4n) is 1.82. The van der Waals surface area contributed by atoms with E-state index < -0.39 is 0 Å². The molecule has 0 unspecified atom stereocenters. The minimum atomic E-state index is -0.212. The van der Waals surface area contributed by atoms with Crippen LogP contribution in [-0.2, 0) is 0 Å². The fourth-order valence-corrected chi connectivity index (χ4v) is 1.82. The molecule has 0 aliphatic carbocycles. The number of anilines is 1. The van der Waals surface area contributed by atoms with Crippen molar-refractivity contribution < 1.29 is 4.74 Å². The molecule has 1 heterocycles. The summed E-state index contributed by atoms with van der Waals surface area (Å²) in [6.45, 7) is 4.59. The largest absolute Gasteiger partial charge is 0.494 e. The predicted molar refractivity (Wildman–Crippen MR) is 87.7 cm³/mol. The average molecular weight is 300 g/mol. The van der Waals surface area contributed by atoms with E-state index in [1.54, 1.807) is 13.1 Å². The van der Waals surface area contributed by atoms with Gasteiger partial charge in [0.15, 0.2) is 0 Å². The maximum atomic E-state index is 11.3. The van der Waals surface area contributed by atoms with Gasteiger partial charge < -0.3 is 4.74 Å². The van der Waals surface area contributed by atoms with Gasteiger partial charge >= 0.3 is 0 Å². The van der Waals surface area contributed by atoms with E-state index in [2.05, 4.69) is 27.4 Å². The lowest BCUT2D eigenvalue weighted by molar-refractivity contribution is 0.309. The quantitative estimate of drug-likeness (QED) is 0.468. The molecule has 0 saturated carbocycles. The van der Waals surface area contributed by atoms with E-state index in [-0.39, 0.29) is 5.56 Å². The second kappa shape index (κ2) is 7.97. The number of ether oxygens (including phenoxy) is 1. The van der Waals surface area contributed by atoms with Crippen molar-refractivity contribution in [3.8, 4) is 5.75 Å². The zero-order valence-corrected chi connectivity index (χ0v) is 12.8. The first-order valence-corrected chi connectivity index (χ1v) is 7.27. The number of hydrazone groups is 1. The number of nitrogens with zero attached hydrogens (tertiary/aromatic N) is 2. The Kier molecular flexibility index (Phi) is 5.71. The summed E-state index contributed by atoms with van der Waals surface area (Å²) in [6.07, 6.45) is 3.79. The van der Waals surface area contributed by atoms with Gasteiger partial charge in [0.2, 0.25) is 5.95 Å². The third-order valence-electron chi connectivity index (χ3n) is 2.88. The smallest absolute Gasteiger partial charge is 0.252 e. The number of nitrogens with one attached hydrogen (secondary N) is 2. The number of unbranched alkanes of at least 4 members (excludes halogenated alkanes) is 1. The van der Waals surface area contributed by atoms with Crippen molar-refractivity contribution in [3.63, 3.8) is 0 Å². The molecule has 0 aliphatic rings. The van der Waals surface area contributed by atoms with Crippen LogP contribution in [0.1, 0.15) is 31.0 Å². The van der Waals surface area contributed by atoms with E-state index in [4.69, 9.17) is 4.74 Å². The molecule has 0 fully saturated rings. The second-order valence-electron chi connectivity index (χ2n) is 4.88. The Morgan fingerprint density at radius 3 is 3.05 bits per heavy atom. The van der Waals surface area contributed by atoms with Crippen molar-refractivity contribution in [3.05, 3.63) is 51.9 Å². The number of benzene rings is 1. The molecular formula is C16H20N4O2. The molecule has 0 radical (unpaired) electrons. The van der Waals surface area contributed by atoms with Crippen molar-refractivity contribution in [2.24, 2.45) is 5.10 Å². The summed E-state index contributed by atoms with van der Waals surface area (Å²) in [6, 6.07) is 9.08. The number of aryl methyl sites for hydroxylation is 1. The Morgan fingerprint density at radius 1 is 1.41 bits per heavy atom. The lowest BCUT2D eigenvalue weighted by atomic mass is 10.2. The maximum absolute atomic E-state index is 11.3. The highest BCUT2D eigenvalue weighted by Crippen LogP contribution is 2.12. The predicted octanol–water partition coefficient (Wildman–Crippen LogP) is 2.70. The molecule has 0 aliphatic heterocycles. The van der Waals surface area contributed by atoms with Crippen LogP contribution in [0.3, 0.4) is 0 Å². The van der Waals surface area contributed by atoms with Crippen molar-refractivity contribution >= 4 is 12.2 Å². The molecule has 1 aromatic heterocycles. The Hall–Kier alpha value is -2.63. The van der Waals surface area contributed by atoms with E-state index in [1.807, 2.05) is 24.3 Å². The Labute approximate surface area is 129 Å². The van der Waals surface area contributed by atoms with E-state index in [0.717, 1.165) is 24.2 Å². The topological polar surface area (TPSA) is 79.4 Å². The number of H-pyrrole nitrogens is 1. The summed E-state index contributed by atoms with van der Waals surface area (Å²) in [5.41, 5.74) is 4.03. The van der Waals surface area contributed by atoms with E-state index in [0.29, 0.717) is 18.2 Å². The number of aromatic nitrogens is 2. The van der Waals surface area contributed by atoms with Gasteiger partial charge in [-0.3, -0.25) is 9.78 Å². The molecule has 2 rings (SSSR count). The van der Waals surface area contributed by atoms with Crippen molar-refractivity contribution in [2.45, 2.75) is 26.7 Å². The highest BCUT2D eigenvalue weighted by molar-refractivity contribution is 5.80. The molecule has 0 bridgehead atoms. The molecule has 22 heavy (non-hydrogen) atoms. The van der Waals surface area contributed by atoms with Crippen LogP contribution in [0.4, 0.5) is 5.95 Å². The van der Waals surface area contributed by atoms with Crippen LogP contribution < -0.4 is 15.7 Å². The van der Waals surface area contributed by atoms with Gasteiger partial charge in [-0.25, -0.2) is 10.4 Å². The maximum Gasteiger partial charge on any atom is 0.252 e. The molecule has 0 amide bonds. The highest BCUT2D eigenvalue weighted by atomic mass is 16.5. The van der Waals surface area contributed by atoms with Gasteiger partial charge in [0.1, 0.15) is 5.75 Å². The van der Waals surface area contributed by atoms with Crippen molar-refractivity contribution in [2.75, 3.05) is 12.0 Å². The summed E-state index contributed by atoms with van der Waals surface area (Å²) in [4.78, 5) is 18.0. The number of hydrogen-bond acceptors (Lipinski definition) is 5. The van der Waals surface area contributed by atoms with Crippen LogP contribution in [0, 0.1) is 6.92 Å². The second-order valence-corrected chi connectivity index (χ2v) is 4.88. The molecule has 6 heteroatoms. The third kappa shape index (κ3) is 5.05. The Balaban J connectivity index is 1.97. The summed E-state index contributed by atoms with van der Waals surface area (Å²) in [5, 5.41) is 4.07. The molecule has 6 nitrogen and oxygen atoms in total. The molecule has 0 saturated heterocycles. The zero-order chi connectivity index (χ0) is 15.8. The first kappa shape index (κ1) is 15.8. The minimum Gasteiger partial charge on any atom is -0.494 e. The van der Waals surface area contributed by atoms with Crippen molar-refractivity contribution in [1.29, 1.82) is 0 Å². The minimum absolute atomic E-state index is 0.212. The summed E-state index contributed by atoms with van der Waals surface area (Å²) in [5.74, 6) is 1.14. The Bertz CT molecular complexity index is 695. The lowest BCUT2D eigenvalue weighted by Crippen LogP contribution is -2.10. The summed E-state index contributed by atoms with van der Waals surface area (Å²) >= 11 is 0. The zero-order valence-electron chi connectivity index (χ0n) is 12.8. The molecule has 116 valence electrons. The molecule has 0 atom stereocenters. The van der Waals surface area contributed by atoms with Gasteiger partial charge in [0, 0.05) is 11.8 Å². The van der Waals surface area contributed by atoms with Gasteiger partial charge in [-0.05, 0) is 31.0 Å². The normalized spacial score (nSPS) is 10.8. The van der Waals surface area contributed by atoms with Crippen LogP contribution in [-0.4, -0.2) is 22.8 Å². The van der Waals surface area contributed by atoms with Crippen molar-refractivity contribution in [1.82, 2.24) is 9.97 Å². The van der Waals surface area contributed by atoms with Crippen LogP contribution in [0.15, 0.2) is 40.2 Å². The summed E-state index contributed by atoms with van der Waals surface area (Å²) < 4.78 is 5.64. The lowest BCUT2D eigenvalue weighted by Gasteiger charge is -2.05. The molecule has 0 spiro atoms. The van der Waals surface area contributed by atoms with Gasteiger partial charge in [-0.15, -0.1) is 0 Å². The van der Waals surface area contributed by atoms with E-state index in [1.165, 1.54) is 6.07 Å². The SMILES string of the molecule is CCCCOc1cccc(/C=N\Nc2nc(C)cc(=O)[nH]2)c1. The van der Waals surface area contributed by atoms with Crippen LogP contribution in [0.5, 0.6) is 5.75 Å². The average Bonchev–Trinajstić information content (AvgIpc) is 2.47. The molecule has 2 aromatic rings. The number of rotatable bonds is 7. The third-order valence-corrected chi connectivity index (χ3v) is 2.88. The van der Waals surface area contributed by atoms with Crippen LogP contribution >= 0.6 is 0 Å². The van der Waals surface area contributed by atoms with Gasteiger partial charge in [-0.2, -0.15) is 5.10 Å². The van der Waals surface area contributed by atoms with Gasteiger partial charge in [0.05, 0.1) is 12.8 Å². The van der Waals surface area contributed by atoms with Gasteiger partial charge in [0.25, 0.3) is 5.56 Å². The number of hydrogen-bond donors (Lipinski definition) is 2.